The van der Waals surface area contributed by atoms with E-state index in [1.807, 2.05) is 0 Å². The number of hydrogen-bond donors (Lipinski definition) is 2. The van der Waals surface area contributed by atoms with E-state index >= 15 is 0 Å². The Balaban J connectivity index is 2.68. The molecule has 1 heterocycles. The lowest BCUT2D eigenvalue weighted by Crippen LogP contribution is -2.24. The summed E-state index contributed by atoms with van der Waals surface area (Å²) in [5, 5.41) is 0. The van der Waals surface area contributed by atoms with E-state index in [0.29, 0.717) is 16.8 Å². The number of hydrogen-bond acceptors (Lipinski definition) is 4. The first-order valence-corrected chi connectivity index (χ1v) is 4.25. The van der Waals surface area contributed by atoms with Gasteiger partial charge < -0.3 is 15.9 Å². The maximum atomic E-state index is 11.3. The number of carbonyl (C=O) groups excluding carboxylic acids is 1. The van der Waals surface area contributed by atoms with Crippen molar-refractivity contribution in [2.45, 2.75) is 6.54 Å². The number of fused-ring (bicyclic) bond motifs is 1. The predicted molar refractivity (Wildman–Crippen MR) is 54.1 cm³/mol. The fraction of sp³-hybridized carbons (Fsp3) is 0.111. The summed E-state index contributed by atoms with van der Waals surface area (Å²) < 4.78 is 6.06. The van der Waals surface area contributed by atoms with Crippen LogP contribution in [0.1, 0.15) is 0 Å². The molecule has 0 radical (unpaired) electrons. The maximum absolute atomic E-state index is 11.3. The molecule has 2 rings (SSSR count). The first-order chi connectivity index (χ1) is 7.08. The Morgan fingerprint density at radius 1 is 1.47 bits per heavy atom. The third kappa shape index (κ3) is 1.56. The summed E-state index contributed by atoms with van der Waals surface area (Å²) in [6.45, 7) is -0.199. The minimum Gasteiger partial charge on any atom is -0.408 e. The van der Waals surface area contributed by atoms with Gasteiger partial charge in [-0.3, -0.25) is 9.36 Å². The predicted octanol–water partition coefficient (Wildman–Crippen LogP) is -0.338. The Morgan fingerprint density at radius 2 is 2.20 bits per heavy atom. The van der Waals surface area contributed by atoms with Crippen molar-refractivity contribution in [2.75, 3.05) is 5.73 Å². The number of benzene rings is 1. The highest BCUT2D eigenvalue weighted by Gasteiger charge is 2.10. The van der Waals surface area contributed by atoms with Gasteiger partial charge in [-0.1, -0.05) is 0 Å². The van der Waals surface area contributed by atoms with Crippen molar-refractivity contribution in [2.24, 2.45) is 5.73 Å². The molecule has 0 aliphatic heterocycles. The summed E-state index contributed by atoms with van der Waals surface area (Å²) in [5.41, 5.74) is 11.9. The van der Waals surface area contributed by atoms with Crippen molar-refractivity contribution in [1.82, 2.24) is 4.57 Å². The molecular formula is C9H9N3O3. The van der Waals surface area contributed by atoms with Crippen molar-refractivity contribution in [3.8, 4) is 0 Å². The van der Waals surface area contributed by atoms with Crippen LogP contribution in [-0.2, 0) is 11.3 Å². The molecule has 6 heteroatoms. The highest BCUT2D eigenvalue weighted by Crippen LogP contribution is 2.15. The Hall–Kier alpha value is -2.24. The van der Waals surface area contributed by atoms with Crippen molar-refractivity contribution in [3.05, 3.63) is 28.7 Å². The molecule has 0 saturated carbocycles. The first kappa shape index (κ1) is 9.32. The van der Waals surface area contributed by atoms with Gasteiger partial charge >= 0.3 is 5.76 Å². The van der Waals surface area contributed by atoms with E-state index in [2.05, 4.69) is 0 Å². The monoisotopic (exact) mass is 207 g/mol. The molecule has 2 aromatic rings. The van der Waals surface area contributed by atoms with Crippen LogP contribution in [0.5, 0.6) is 0 Å². The van der Waals surface area contributed by atoms with Crippen LogP contribution in [0, 0.1) is 0 Å². The zero-order valence-corrected chi connectivity index (χ0v) is 7.77. The van der Waals surface area contributed by atoms with Crippen LogP contribution >= 0.6 is 0 Å². The number of nitrogens with two attached hydrogens (primary N) is 2. The standard InChI is InChI=1S/C9H9N3O3/c10-5-1-2-6-7(3-5)15-9(14)12(6)4-8(11)13/h1-3H,4,10H2,(H2,11,13). The molecule has 78 valence electrons. The van der Waals surface area contributed by atoms with Gasteiger partial charge in [0.15, 0.2) is 5.58 Å². The Bertz CT molecular complexity index is 582. The largest absolute Gasteiger partial charge is 0.420 e. The lowest BCUT2D eigenvalue weighted by atomic mass is 10.3. The van der Waals surface area contributed by atoms with E-state index in [1.165, 1.54) is 6.07 Å². The summed E-state index contributed by atoms with van der Waals surface area (Å²) in [4.78, 5) is 22.1. The second-order valence-electron chi connectivity index (χ2n) is 3.15. The minimum atomic E-state index is -0.616. The van der Waals surface area contributed by atoms with Gasteiger partial charge in [0.25, 0.3) is 0 Å². The van der Waals surface area contributed by atoms with Crippen LogP contribution in [0.15, 0.2) is 27.4 Å². The number of nitrogen functional groups attached to an aromatic ring is 1. The van der Waals surface area contributed by atoms with Gasteiger partial charge in [-0.05, 0) is 12.1 Å². The van der Waals surface area contributed by atoms with Crippen molar-refractivity contribution in [1.29, 1.82) is 0 Å². The van der Waals surface area contributed by atoms with E-state index in [4.69, 9.17) is 15.9 Å². The molecule has 0 fully saturated rings. The summed E-state index contributed by atoms with van der Waals surface area (Å²) in [7, 11) is 0. The molecule has 0 unspecified atom stereocenters. The van der Waals surface area contributed by atoms with E-state index in [9.17, 15) is 9.59 Å². The van der Waals surface area contributed by atoms with Gasteiger partial charge in [-0.25, -0.2) is 4.79 Å². The van der Waals surface area contributed by atoms with Crippen LogP contribution < -0.4 is 17.2 Å². The van der Waals surface area contributed by atoms with Crippen molar-refractivity contribution < 1.29 is 9.21 Å². The average Bonchev–Trinajstić information content (AvgIpc) is 2.41. The lowest BCUT2D eigenvalue weighted by molar-refractivity contribution is -0.118. The third-order valence-corrected chi connectivity index (χ3v) is 2.01. The third-order valence-electron chi connectivity index (χ3n) is 2.01. The zero-order chi connectivity index (χ0) is 11.0. The topological polar surface area (TPSA) is 104 Å². The smallest absolute Gasteiger partial charge is 0.408 e. The second-order valence-corrected chi connectivity index (χ2v) is 3.15. The fourth-order valence-electron chi connectivity index (χ4n) is 1.39. The van der Waals surface area contributed by atoms with E-state index < -0.39 is 11.7 Å². The average molecular weight is 207 g/mol. The van der Waals surface area contributed by atoms with Crippen LogP contribution in [0.2, 0.25) is 0 Å². The number of aromatic nitrogens is 1. The van der Waals surface area contributed by atoms with Crippen LogP contribution in [0.25, 0.3) is 11.1 Å². The molecule has 1 amide bonds. The molecule has 0 aliphatic carbocycles. The number of anilines is 1. The Labute approximate surface area is 84.1 Å². The quantitative estimate of drug-likeness (QED) is 0.657. The van der Waals surface area contributed by atoms with Gasteiger partial charge in [-0.15, -0.1) is 0 Å². The van der Waals surface area contributed by atoms with E-state index in [-0.39, 0.29) is 6.54 Å². The normalized spacial score (nSPS) is 10.7. The molecule has 0 bridgehead atoms. The Morgan fingerprint density at radius 3 is 2.87 bits per heavy atom. The van der Waals surface area contributed by atoms with Gasteiger partial charge in [0.05, 0.1) is 5.52 Å². The Kier molecular flexibility index (Phi) is 1.96. The maximum Gasteiger partial charge on any atom is 0.420 e. The van der Waals surface area contributed by atoms with Crippen molar-refractivity contribution in [3.63, 3.8) is 0 Å². The molecule has 0 atom stereocenters. The summed E-state index contributed by atoms with van der Waals surface area (Å²) >= 11 is 0. The SMILES string of the molecule is NC(=O)Cn1c(=O)oc2cc(N)ccc21. The molecule has 0 spiro atoms. The summed E-state index contributed by atoms with van der Waals surface area (Å²) in [6.07, 6.45) is 0. The number of carbonyl (C=O) groups is 1. The molecule has 4 N–H and O–H groups in total. The first-order valence-electron chi connectivity index (χ1n) is 4.25. The molecule has 15 heavy (non-hydrogen) atoms. The fourth-order valence-corrected chi connectivity index (χ4v) is 1.39. The number of oxazole rings is 1. The number of primary amides is 1. The summed E-state index contributed by atoms with van der Waals surface area (Å²) in [6, 6.07) is 4.75. The number of amides is 1. The molecule has 0 aliphatic rings. The molecule has 0 saturated heterocycles. The van der Waals surface area contributed by atoms with Gasteiger partial charge in [0, 0.05) is 11.8 Å². The van der Waals surface area contributed by atoms with Crippen molar-refractivity contribution >= 4 is 22.7 Å². The molecule has 6 nitrogen and oxygen atoms in total. The highest BCUT2D eigenvalue weighted by molar-refractivity contribution is 5.80. The summed E-state index contributed by atoms with van der Waals surface area (Å²) in [5.74, 6) is -1.22. The molecular weight excluding hydrogens is 198 g/mol. The molecule has 1 aromatic heterocycles. The van der Waals surface area contributed by atoms with Gasteiger partial charge in [-0.2, -0.15) is 0 Å². The number of nitrogens with zero attached hydrogens (tertiary/aromatic N) is 1. The van der Waals surface area contributed by atoms with Crippen LogP contribution in [0.3, 0.4) is 0 Å². The van der Waals surface area contributed by atoms with Crippen LogP contribution in [0.4, 0.5) is 5.69 Å². The molecule has 1 aromatic carbocycles. The van der Waals surface area contributed by atoms with Gasteiger partial charge in [0.2, 0.25) is 5.91 Å². The second kappa shape index (κ2) is 3.16. The van der Waals surface area contributed by atoms with E-state index in [1.54, 1.807) is 12.1 Å². The van der Waals surface area contributed by atoms with Crippen LogP contribution in [-0.4, -0.2) is 10.5 Å². The van der Waals surface area contributed by atoms with Gasteiger partial charge in [0.1, 0.15) is 6.54 Å². The lowest BCUT2D eigenvalue weighted by Gasteiger charge is -1.97. The van der Waals surface area contributed by atoms with E-state index in [0.717, 1.165) is 4.57 Å². The highest BCUT2D eigenvalue weighted by atomic mass is 16.4. The number of rotatable bonds is 2. The minimum absolute atomic E-state index is 0.199. The zero-order valence-electron chi connectivity index (χ0n) is 7.77.